The van der Waals surface area contributed by atoms with Gasteiger partial charge in [0.2, 0.25) is 0 Å². The molecule has 1 aromatic carbocycles. The number of hydrogen-bond acceptors (Lipinski definition) is 5. The normalized spacial score (nSPS) is 15.6. The van der Waals surface area contributed by atoms with Crippen LogP contribution in [0, 0.1) is 10.1 Å². The van der Waals surface area contributed by atoms with Crippen LogP contribution in [-0.2, 0) is 4.57 Å². The first-order chi connectivity index (χ1) is 10.4. The van der Waals surface area contributed by atoms with Gasteiger partial charge in [-0.05, 0) is 25.0 Å². The molecule has 3 N–H and O–H groups in total. The van der Waals surface area contributed by atoms with E-state index in [1.165, 1.54) is 23.5 Å². The molecular weight excluding hydrogens is 323 g/mol. The summed E-state index contributed by atoms with van der Waals surface area (Å²) in [6.07, 6.45) is 3.22. The highest BCUT2D eigenvalue weighted by atomic mass is 32.7. The zero-order valence-corrected chi connectivity index (χ0v) is 14.3. The predicted molar refractivity (Wildman–Crippen MR) is 93.0 cm³/mol. The Morgan fingerprint density at radius 3 is 2.59 bits per heavy atom. The van der Waals surface area contributed by atoms with E-state index in [1.807, 2.05) is 13.8 Å². The molecule has 0 amide bonds. The fraction of sp³-hybridized carbons (Fsp3) is 0.462. The van der Waals surface area contributed by atoms with Gasteiger partial charge < -0.3 is 0 Å². The monoisotopic (exact) mass is 344 g/mol. The van der Waals surface area contributed by atoms with Gasteiger partial charge in [0.15, 0.2) is 0 Å². The standard InChI is InChI=1S/C13H21N4O3PS/c1-3-9-22-21(14,20)16-11(4-2)10-15-12-5-7-13(8-6-12)17(18)19/h5-8,10-11H,3-4,9H2,1-2H3,(H3,14,16,20). The number of hydrogen-bond donors (Lipinski definition) is 2. The summed E-state index contributed by atoms with van der Waals surface area (Å²) in [6.45, 7) is 0.997. The molecule has 0 spiro atoms. The fourth-order valence-electron chi connectivity index (χ4n) is 1.56. The Morgan fingerprint density at radius 2 is 2.09 bits per heavy atom. The topological polar surface area (TPSA) is 111 Å². The molecule has 0 aromatic heterocycles. The molecule has 22 heavy (non-hydrogen) atoms. The predicted octanol–water partition coefficient (Wildman–Crippen LogP) is 3.88. The smallest absolute Gasteiger partial charge is 0.269 e. The lowest BCUT2D eigenvalue weighted by molar-refractivity contribution is -0.384. The van der Waals surface area contributed by atoms with E-state index < -0.39 is 11.6 Å². The molecular formula is C13H21N4O3PS. The number of aliphatic imine (C=N–C) groups is 1. The lowest BCUT2D eigenvalue weighted by Gasteiger charge is -2.18. The van der Waals surface area contributed by atoms with Crippen molar-refractivity contribution in [2.24, 2.45) is 10.5 Å². The van der Waals surface area contributed by atoms with Gasteiger partial charge in [-0.3, -0.25) is 25.2 Å². The van der Waals surface area contributed by atoms with Crippen LogP contribution in [0.2, 0.25) is 0 Å². The molecule has 0 saturated carbocycles. The van der Waals surface area contributed by atoms with Crippen molar-refractivity contribution in [1.29, 1.82) is 0 Å². The number of nitro groups is 1. The summed E-state index contributed by atoms with van der Waals surface area (Å²) in [4.78, 5) is 14.4. The number of benzene rings is 1. The van der Waals surface area contributed by atoms with Crippen molar-refractivity contribution < 1.29 is 9.49 Å². The summed E-state index contributed by atoms with van der Waals surface area (Å²) in [5, 5.41) is 13.5. The number of nitrogens with zero attached hydrogens (tertiary/aromatic N) is 2. The molecule has 0 saturated heterocycles. The van der Waals surface area contributed by atoms with E-state index >= 15 is 0 Å². The van der Waals surface area contributed by atoms with Crippen molar-refractivity contribution in [3.8, 4) is 0 Å². The van der Waals surface area contributed by atoms with Crippen LogP contribution in [0.5, 0.6) is 0 Å². The van der Waals surface area contributed by atoms with E-state index in [0.29, 0.717) is 12.1 Å². The molecule has 0 aliphatic carbocycles. The maximum atomic E-state index is 12.2. The number of rotatable bonds is 9. The van der Waals surface area contributed by atoms with Crippen molar-refractivity contribution >= 4 is 35.6 Å². The third-order valence-corrected chi connectivity index (χ3v) is 6.42. The first-order valence-corrected chi connectivity index (χ1v) is 10.3. The van der Waals surface area contributed by atoms with Gasteiger partial charge in [0.05, 0.1) is 16.7 Å². The molecule has 1 rings (SSSR count). The SMILES string of the molecule is CCCSP(N)(=O)NC(C=Nc1ccc([N+](=O)[O-])cc1)CC. The maximum absolute atomic E-state index is 12.2. The van der Waals surface area contributed by atoms with Gasteiger partial charge in [0.1, 0.15) is 0 Å². The van der Waals surface area contributed by atoms with Crippen LogP contribution in [-0.4, -0.2) is 22.9 Å². The summed E-state index contributed by atoms with van der Waals surface area (Å²) in [6, 6.07) is 5.71. The second-order valence-electron chi connectivity index (χ2n) is 4.63. The molecule has 0 aliphatic rings. The second kappa shape index (κ2) is 9.05. The third kappa shape index (κ3) is 6.70. The fourth-order valence-corrected chi connectivity index (χ4v) is 4.79. The summed E-state index contributed by atoms with van der Waals surface area (Å²) >= 11 is 1.23. The summed E-state index contributed by atoms with van der Waals surface area (Å²) < 4.78 is 12.2. The highest BCUT2D eigenvalue weighted by Gasteiger charge is 2.19. The summed E-state index contributed by atoms with van der Waals surface area (Å²) in [5.74, 6) is 0.733. The number of nitro benzene ring substituents is 1. The van der Waals surface area contributed by atoms with Crippen molar-refractivity contribution in [1.82, 2.24) is 5.09 Å². The van der Waals surface area contributed by atoms with Crippen molar-refractivity contribution in [3.05, 3.63) is 34.4 Å². The van der Waals surface area contributed by atoms with E-state index in [1.54, 1.807) is 18.3 Å². The molecule has 2 atom stereocenters. The number of nitrogens with two attached hydrogens (primary N) is 1. The van der Waals surface area contributed by atoms with E-state index in [4.69, 9.17) is 5.50 Å². The Morgan fingerprint density at radius 1 is 1.45 bits per heavy atom. The highest BCUT2D eigenvalue weighted by Crippen LogP contribution is 2.47. The molecule has 0 bridgehead atoms. The van der Waals surface area contributed by atoms with Crippen LogP contribution in [0.3, 0.4) is 0 Å². The molecule has 7 nitrogen and oxygen atoms in total. The van der Waals surface area contributed by atoms with Crippen LogP contribution < -0.4 is 10.6 Å². The zero-order valence-electron chi connectivity index (χ0n) is 12.6. The van der Waals surface area contributed by atoms with Crippen LogP contribution in [0.25, 0.3) is 0 Å². The van der Waals surface area contributed by atoms with Gasteiger partial charge in [0.25, 0.3) is 12.3 Å². The minimum atomic E-state index is -2.94. The van der Waals surface area contributed by atoms with E-state index in [2.05, 4.69) is 10.1 Å². The van der Waals surface area contributed by atoms with E-state index in [0.717, 1.165) is 12.2 Å². The average Bonchev–Trinajstić information content (AvgIpc) is 2.49. The molecule has 0 fully saturated rings. The van der Waals surface area contributed by atoms with Crippen molar-refractivity contribution in [2.75, 3.05) is 5.75 Å². The minimum absolute atomic E-state index is 0.0199. The van der Waals surface area contributed by atoms with Gasteiger partial charge in [-0.25, -0.2) is 5.09 Å². The van der Waals surface area contributed by atoms with Crippen molar-refractivity contribution in [2.45, 2.75) is 32.7 Å². The van der Waals surface area contributed by atoms with Crippen LogP contribution in [0.1, 0.15) is 26.7 Å². The Kier molecular flexibility index (Phi) is 7.75. The largest absolute Gasteiger partial charge is 0.277 e. The molecule has 2 unspecified atom stereocenters. The number of nitrogens with one attached hydrogen (secondary N) is 1. The van der Waals surface area contributed by atoms with Gasteiger partial charge in [-0.2, -0.15) is 0 Å². The van der Waals surface area contributed by atoms with Crippen LogP contribution in [0.4, 0.5) is 11.4 Å². The second-order valence-corrected chi connectivity index (χ2v) is 9.15. The van der Waals surface area contributed by atoms with Gasteiger partial charge >= 0.3 is 0 Å². The molecule has 0 radical (unpaired) electrons. The third-order valence-electron chi connectivity index (χ3n) is 2.74. The first kappa shape index (κ1) is 18.8. The Labute approximate surface area is 134 Å². The highest BCUT2D eigenvalue weighted by molar-refractivity contribution is 8.56. The summed E-state index contributed by atoms with van der Waals surface area (Å²) in [5.41, 5.74) is 6.39. The zero-order chi connectivity index (χ0) is 16.6. The van der Waals surface area contributed by atoms with E-state index in [9.17, 15) is 14.7 Å². The Bertz CT molecular complexity index is 565. The number of non-ortho nitro benzene ring substituents is 1. The summed E-state index contributed by atoms with van der Waals surface area (Å²) in [7, 11) is 0. The molecule has 1 aromatic rings. The lowest BCUT2D eigenvalue weighted by atomic mass is 10.2. The van der Waals surface area contributed by atoms with Crippen molar-refractivity contribution in [3.63, 3.8) is 0 Å². The molecule has 122 valence electrons. The average molecular weight is 344 g/mol. The Hall–Kier alpha value is -1.21. The molecule has 0 heterocycles. The molecule has 9 heteroatoms. The lowest BCUT2D eigenvalue weighted by Crippen LogP contribution is -2.28. The van der Waals surface area contributed by atoms with E-state index in [-0.39, 0.29) is 11.7 Å². The first-order valence-electron chi connectivity index (χ1n) is 6.97. The van der Waals surface area contributed by atoms with Gasteiger partial charge in [-0.1, -0.05) is 25.2 Å². The minimum Gasteiger partial charge on any atom is -0.277 e. The Balaban J connectivity index is 2.68. The quantitative estimate of drug-likeness (QED) is 0.304. The van der Waals surface area contributed by atoms with Crippen LogP contribution in [0.15, 0.2) is 29.3 Å². The maximum Gasteiger partial charge on any atom is 0.269 e. The molecule has 0 aliphatic heterocycles. The van der Waals surface area contributed by atoms with Gasteiger partial charge in [-0.15, -0.1) is 0 Å². The van der Waals surface area contributed by atoms with Gasteiger partial charge in [0, 0.05) is 24.1 Å². The van der Waals surface area contributed by atoms with Crippen LogP contribution >= 0.6 is 18.0 Å².